The molecule has 1 aromatic carbocycles. The summed E-state index contributed by atoms with van der Waals surface area (Å²) in [6, 6.07) is 5.32. The van der Waals surface area contributed by atoms with Crippen molar-refractivity contribution in [3.63, 3.8) is 0 Å². The molecule has 2 heterocycles. The average Bonchev–Trinajstić information content (AvgIpc) is 2.41. The number of nitrogens with zero attached hydrogens (tertiary/aromatic N) is 1. The number of ether oxygens (including phenoxy) is 1. The van der Waals surface area contributed by atoms with Crippen molar-refractivity contribution in [1.82, 2.24) is 9.97 Å². The monoisotopic (exact) mass is 260 g/mol. The number of anilines is 2. The Morgan fingerprint density at radius 1 is 1.47 bits per heavy atom. The highest BCUT2D eigenvalue weighted by Crippen LogP contribution is 2.15. The Morgan fingerprint density at radius 3 is 3.16 bits per heavy atom. The number of rotatable bonds is 2. The second-order valence-electron chi connectivity index (χ2n) is 4.75. The predicted octanol–water partition coefficient (Wildman–Crippen LogP) is 1.10. The van der Waals surface area contributed by atoms with E-state index in [9.17, 15) is 4.79 Å². The lowest BCUT2D eigenvalue weighted by Gasteiger charge is -2.23. The zero-order valence-electron chi connectivity index (χ0n) is 10.5. The Bertz CT molecular complexity index is 647. The molecule has 3 rings (SSSR count). The van der Waals surface area contributed by atoms with Crippen molar-refractivity contribution in [3.05, 3.63) is 28.6 Å². The molecule has 1 fully saturated rings. The van der Waals surface area contributed by atoms with Gasteiger partial charge in [-0.2, -0.15) is 0 Å². The molecule has 0 radical (unpaired) electrons. The summed E-state index contributed by atoms with van der Waals surface area (Å²) in [7, 11) is 0. The van der Waals surface area contributed by atoms with E-state index in [0.29, 0.717) is 29.1 Å². The Balaban J connectivity index is 1.92. The molecule has 6 heteroatoms. The Hall–Kier alpha value is -2.08. The van der Waals surface area contributed by atoms with Gasteiger partial charge in [-0.05, 0) is 31.0 Å². The Morgan fingerprint density at radius 2 is 2.37 bits per heavy atom. The maximum atomic E-state index is 12.0. The lowest BCUT2D eigenvalue weighted by molar-refractivity contribution is 0.0874. The smallest absolute Gasteiger partial charge is 0.260 e. The summed E-state index contributed by atoms with van der Waals surface area (Å²) in [5.41, 5.74) is 6.68. The largest absolute Gasteiger partial charge is 0.399 e. The number of nitrogens with one attached hydrogen (secondary N) is 2. The number of nitrogen functional groups attached to an aromatic ring is 1. The third-order valence-electron chi connectivity index (χ3n) is 3.23. The number of aromatic nitrogens is 2. The number of hydrogen-bond acceptors (Lipinski definition) is 5. The van der Waals surface area contributed by atoms with Crippen molar-refractivity contribution in [3.8, 4) is 0 Å². The standard InChI is InChI=1S/C13H16N4O2/c14-8-3-4-11-10(6-8)12(18)17-13(16-11)15-9-2-1-5-19-7-9/h3-4,6,9H,1-2,5,7,14H2,(H2,15,16,17,18). The van der Waals surface area contributed by atoms with Gasteiger partial charge in [-0.1, -0.05) is 0 Å². The first-order valence-corrected chi connectivity index (χ1v) is 6.36. The van der Waals surface area contributed by atoms with Crippen molar-refractivity contribution in [2.24, 2.45) is 0 Å². The van der Waals surface area contributed by atoms with Gasteiger partial charge in [-0.15, -0.1) is 0 Å². The fourth-order valence-corrected chi connectivity index (χ4v) is 2.27. The van der Waals surface area contributed by atoms with Crippen LogP contribution >= 0.6 is 0 Å². The van der Waals surface area contributed by atoms with Crippen molar-refractivity contribution in [2.45, 2.75) is 18.9 Å². The molecule has 100 valence electrons. The zero-order chi connectivity index (χ0) is 13.2. The van der Waals surface area contributed by atoms with Crippen LogP contribution < -0.4 is 16.6 Å². The van der Waals surface area contributed by atoms with Crippen LogP contribution in [0.1, 0.15) is 12.8 Å². The van der Waals surface area contributed by atoms with Crippen molar-refractivity contribution >= 4 is 22.5 Å². The van der Waals surface area contributed by atoms with E-state index in [4.69, 9.17) is 10.5 Å². The van der Waals surface area contributed by atoms with Gasteiger partial charge in [0.05, 0.1) is 23.6 Å². The number of aromatic amines is 1. The molecule has 2 aromatic rings. The normalized spacial score (nSPS) is 19.5. The molecule has 4 N–H and O–H groups in total. The molecule has 1 aliphatic heterocycles. The number of H-pyrrole nitrogens is 1. The third kappa shape index (κ3) is 2.53. The van der Waals surface area contributed by atoms with Gasteiger partial charge < -0.3 is 15.8 Å². The van der Waals surface area contributed by atoms with Gasteiger partial charge in [-0.25, -0.2) is 4.98 Å². The summed E-state index contributed by atoms with van der Waals surface area (Å²) in [4.78, 5) is 19.1. The van der Waals surface area contributed by atoms with E-state index in [-0.39, 0.29) is 11.6 Å². The first-order valence-electron chi connectivity index (χ1n) is 6.36. The van der Waals surface area contributed by atoms with Crippen LogP contribution in [0.15, 0.2) is 23.0 Å². The molecule has 6 nitrogen and oxygen atoms in total. The lowest BCUT2D eigenvalue weighted by Crippen LogP contribution is -2.31. The van der Waals surface area contributed by atoms with Gasteiger partial charge in [0, 0.05) is 12.3 Å². The van der Waals surface area contributed by atoms with Gasteiger partial charge in [0.25, 0.3) is 5.56 Å². The number of nitrogens with two attached hydrogens (primary N) is 1. The van der Waals surface area contributed by atoms with Gasteiger partial charge in [0.2, 0.25) is 5.95 Å². The molecule has 1 aliphatic rings. The van der Waals surface area contributed by atoms with E-state index in [1.54, 1.807) is 18.2 Å². The van der Waals surface area contributed by atoms with Crippen LogP contribution in [0.4, 0.5) is 11.6 Å². The van der Waals surface area contributed by atoms with E-state index in [2.05, 4.69) is 15.3 Å². The van der Waals surface area contributed by atoms with Crippen LogP contribution in [0.25, 0.3) is 10.9 Å². The molecule has 0 aliphatic carbocycles. The minimum atomic E-state index is -0.184. The first kappa shape index (κ1) is 12.0. The van der Waals surface area contributed by atoms with E-state index in [0.717, 1.165) is 19.4 Å². The average molecular weight is 260 g/mol. The Labute approximate surface area is 110 Å². The van der Waals surface area contributed by atoms with E-state index in [1.807, 2.05) is 0 Å². The molecule has 1 saturated heterocycles. The van der Waals surface area contributed by atoms with Gasteiger partial charge >= 0.3 is 0 Å². The van der Waals surface area contributed by atoms with Crippen LogP contribution in [-0.2, 0) is 4.74 Å². The van der Waals surface area contributed by atoms with Crippen LogP contribution in [-0.4, -0.2) is 29.2 Å². The first-order chi connectivity index (χ1) is 9.22. The molecule has 1 unspecified atom stereocenters. The number of hydrogen-bond donors (Lipinski definition) is 3. The molecule has 19 heavy (non-hydrogen) atoms. The molecule has 0 bridgehead atoms. The summed E-state index contributed by atoms with van der Waals surface area (Å²) in [5.74, 6) is 0.484. The van der Waals surface area contributed by atoms with Gasteiger partial charge in [0.1, 0.15) is 0 Å². The summed E-state index contributed by atoms with van der Waals surface area (Å²) in [5, 5.41) is 3.71. The molecule has 0 amide bonds. The fourth-order valence-electron chi connectivity index (χ4n) is 2.27. The number of benzene rings is 1. The van der Waals surface area contributed by atoms with Gasteiger partial charge in [-0.3, -0.25) is 9.78 Å². The molecular formula is C13H16N4O2. The lowest BCUT2D eigenvalue weighted by atomic mass is 10.1. The second-order valence-corrected chi connectivity index (χ2v) is 4.75. The summed E-state index contributed by atoms with van der Waals surface area (Å²) in [6.45, 7) is 1.45. The van der Waals surface area contributed by atoms with E-state index >= 15 is 0 Å². The number of fused-ring (bicyclic) bond motifs is 1. The minimum absolute atomic E-state index is 0.184. The molecule has 1 aromatic heterocycles. The van der Waals surface area contributed by atoms with Gasteiger partial charge in [0.15, 0.2) is 0 Å². The summed E-state index contributed by atoms with van der Waals surface area (Å²) in [6.07, 6.45) is 2.04. The quantitative estimate of drug-likeness (QED) is 0.703. The topological polar surface area (TPSA) is 93.0 Å². The maximum Gasteiger partial charge on any atom is 0.260 e. The maximum absolute atomic E-state index is 12.0. The molecular weight excluding hydrogens is 244 g/mol. The zero-order valence-corrected chi connectivity index (χ0v) is 10.5. The third-order valence-corrected chi connectivity index (χ3v) is 3.23. The van der Waals surface area contributed by atoms with Crippen LogP contribution in [0.2, 0.25) is 0 Å². The van der Waals surface area contributed by atoms with Crippen LogP contribution in [0.5, 0.6) is 0 Å². The predicted molar refractivity (Wildman–Crippen MR) is 74.2 cm³/mol. The molecule has 0 saturated carbocycles. The minimum Gasteiger partial charge on any atom is -0.399 e. The van der Waals surface area contributed by atoms with Crippen molar-refractivity contribution < 1.29 is 4.74 Å². The van der Waals surface area contributed by atoms with Crippen molar-refractivity contribution in [2.75, 3.05) is 24.3 Å². The summed E-state index contributed by atoms with van der Waals surface area (Å²) < 4.78 is 5.39. The highest BCUT2D eigenvalue weighted by molar-refractivity contribution is 5.81. The summed E-state index contributed by atoms with van der Waals surface area (Å²) >= 11 is 0. The molecule has 1 atom stereocenters. The molecule has 0 spiro atoms. The van der Waals surface area contributed by atoms with E-state index < -0.39 is 0 Å². The Kier molecular flexibility index (Phi) is 3.08. The van der Waals surface area contributed by atoms with Crippen LogP contribution in [0, 0.1) is 0 Å². The fraction of sp³-hybridized carbons (Fsp3) is 0.385. The SMILES string of the molecule is Nc1ccc2nc(NC3CCCOC3)[nH]c(=O)c2c1. The highest BCUT2D eigenvalue weighted by atomic mass is 16.5. The van der Waals surface area contributed by atoms with Crippen molar-refractivity contribution in [1.29, 1.82) is 0 Å². The van der Waals surface area contributed by atoms with Crippen LogP contribution in [0.3, 0.4) is 0 Å². The second kappa shape index (κ2) is 4.89. The highest BCUT2D eigenvalue weighted by Gasteiger charge is 2.15. The van der Waals surface area contributed by atoms with E-state index in [1.165, 1.54) is 0 Å².